The Balaban J connectivity index is 0.706. The molecule has 2 heterocycles. The Labute approximate surface area is 533 Å². The smallest absolute Gasteiger partial charge is 0.145 e. The van der Waals surface area contributed by atoms with Gasteiger partial charge in [-0.25, -0.2) is 9.97 Å². The van der Waals surface area contributed by atoms with Crippen LogP contribution in [0.1, 0.15) is 0 Å². The van der Waals surface area contributed by atoms with Crippen molar-refractivity contribution < 1.29 is 0 Å². The van der Waals surface area contributed by atoms with Crippen LogP contribution in [0.5, 0.6) is 0 Å². The first-order valence-corrected chi connectivity index (χ1v) is 31.3. The topological polar surface area (TPSA) is 42.1 Å². The minimum atomic E-state index is 0.895. The lowest BCUT2D eigenvalue weighted by molar-refractivity contribution is 1.10. The van der Waals surface area contributed by atoms with Gasteiger partial charge in [0.1, 0.15) is 11.6 Å². The number of anilines is 6. The summed E-state index contributed by atoms with van der Waals surface area (Å²) in [5.74, 6) is 1.79. The van der Waals surface area contributed by atoms with Crippen molar-refractivity contribution >= 4 is 88.5 Å². The van der Waals surface area contributed by atoms with Crippen LogP contribution in [0.4, 0.5) is 34.1 Å². The summed E-state index contributed by atoms with van der Waals surface area (Å²) < 4.78 is 4.57. The van der Waals surface area contributed by atoms with Gasteiger partial charge in [-0.1, -0.05) is 200 Å². The second-order valence-electron chi connectivity index (χ2n) is 23.5. The summed E-state index contributed by atoms with van der Waals surface area (Å²) in [6, 6.07) is 126. The van der Waals surface area contributed by atoms with Crippen molar-refractivity contribution in [3.63, 3.8) is 0 Å². The van der Waals surface area contributed by atoms with Crippen LogP contribution in [0.25, 0.3) is 122 Å². The SMILES string of the molecule is c1ccc(-c2ccc(N(c3ccc(-c4ccc5cc(N(c6ccc(-c7ccccc7)cc6)c6ccc(-c7nc8cc9ccccc9cc8n7-c7ccccc7)cc6)ccc5c4)cc3)c3ccc(-c4nc5cc6ccccc6cc5n4-c4ccccc4)cc3)cc2)cc1. The molecule has 17 rings (SSSR count). The number of rotatable bonds is 13. The molecule has 0 spiro atoms. The third kappa shape index (κ3) is 9.99. The molecule has 0 fully saturated rings. The van der Waals surface area contributed by atoms with Gasteiger partial charge in [-0.05, 0) is 217 Å². The first kappa shape index (κ1) is 53.8. The molecule has 0 N–H and O–H groups in total. The van der Waals surface area contributed by atoms with Crippen molar-refractivity contribution in [1.82, 2.24) is 19.1 Å². The van der Waals surface area contributed by atoms with E-state index in [4.69, 9.17) is 9.97 Å². The van der Waals surface area contributed by atoms with Crippen LogP contribution in [-0.4, -0.2) is 19.1 Å². The van der Waals surface area contributed by atoms with Crippen molar-refractivity contribution in [2.75, 3.05) is 9.80 Å². The highest BCUT2D eigenvalue weighted by Gasteiger charge is 2.21. The van der Waals surface area contributed by atoms with Gasteiger partial charge in [0.25, 0.3) is 0 Å². The van der Waals surface area contributed by atoms with E-state index in [1.165, 1.54) is 43.8 Å². The zero-order chi connectivity index (χ0) is 60.9. The van der Waals surface area contributed by atoms with Crippen LogP contribution in [0.3, 0.4) is 0 Å². The van der Waals surface area contributed by atoms with E-state index < -0.39 is 0 Å². The van der Waals surface area contributed by atoms with Crippen molar-refractivity contribution in [3.05, 3.63) is 352 Å². The highest BCUT2D eigenvalue weighted by molar-refractivity contribution is 6.00. The molecule has 17 aromatic rings. The Morgan fingerprint density at radius 3 is 0.870 bits per heavy atom. The van der Waals surface area contributed by atoms with E-state index in [9.17, 15) is 0 Å². The second kappa shape index (κ2) is 23.0. The van der Waals surface area contributed by atoms with Crippen LogP contribution in [0, 0.1) is 0 Å². The molecular formula is C86H58N6. The molecule has 0 aliphatic carbocycles. The molecule has 432 valence electrons. The lowest BCUT2D eigenvalue weighted by Crippen LogP contribution is -2.10. The zero-order valence-corrected chi connectivity index (χ0v) is 50.2. The number of aromatic nitrogens is 4. The van der Waals surface area contributed by atoms with Crippen molar-refractivity contribution in [2.45, 2.75) is 0 Å². The predicted molar refractivity (Wildman–Crippen MR) is 385 cm³/mol. The summed E-state index contributed by atoms with van der Waals surface area (Å²) >= 11 is 0. The number of fused-ring (bicyclic) bond motifs is 5. The Hall–Kier alpha value is -12.4. The van der Waals surface area contributed by atoms with E-state index in [0.29, 0.717) is 0 Å². The fraction of sp³-hybridized carbons (Fsp3) is 0. The van der Waals surface area contributed by atoms with Gasteiger partial charge in [-0.2, -0.15) is 0 Å². The molecular weight excluding hydrogens is 1120 g/mol. The lowest BCUT2D eigenvalue weighted by Gasteiger charge is -2.26. The largest absolute Gasteiger partial charge is 0.311 e. The summed E-state index contributed by atoms with van der Waals surface area (Å²) in [5.41, 5.74) is 21.6. The van der Waals surface area contributed by atoms with Gasteiger partial charge in [-0.3, -0.25) is 9.13 Å². The van der Waals surface area contributed by atoms with Crippen molar-refractivity contribution in [1.29, 1.82) is 0 Å². The number of hydrogen-bond acceptors (Lipinski definition) is 4. The lowest BCUT2D eigenvalue weighted by atomic mass is 9.99. The van der Waals surface area contributed by atoms with Crippen molar-refractivity contribution in [3.8, 4) is 67.5 Å². The monoisotopic (exact) mass is 1170 g/mol. The highest BCUT2D eigenvalue weighted by Crippen LogP contribution is 2.43. The highest BCUT2D eigenvalue weighted by atomic mass is 15.2. The quantitative estimate of drug-likeness (QED) is 0.115. The van der Waals surface area contributed by atoms with Gasteiger partial charge in [-0.15, -0.1) is 0 Å². The minimum absolute atomic E-state index is 0.895. The summed E-state index contributed by atoms with van der Waals surface area (Å²) in [6.07, 6.45) is 0. The maximum atomic E-state index is 5.33. The van der Waals surface area contributed by atoms with Gasteiger partial charge in [0.2, 0.25) is 0 Å². The summed E-state index contributed by atoms with van der Waals surface area (Å²) in [7, 11) is 0. The number of nitrogens with zero attached hydrogens (tertiary/aromatic N) is 6. The van der Waals surface area contributed by atoms with Gasteiger partial charge in [0, 0.05) is 56.6 Å². The summed E-state index contributed by atoms with van der Waals surface area (Å²) in [4.78, 5) is 15.3. The second-order valence-corrected chi connectivity index (χ2v) is 23.5. The number of benzene rings is 15. The number of hydrogen-bond donors (Lipinski definition) is 0. The fourth-order valence-electron chi connectivity index (χ4n) is 13.2. The van der Waals surface area contributed by atoms with Crippen LogP contribution < -0.4 is 9.80 Å². The zero-order valence-electron chi connectivity index (χ0n) is 50.2. The van der Waals surface area contributed by atoms with Gasteiger partial charge >= 0.3 is 0 Å². The molecule has 0 saturated carbocycles. The Morgan fingerprint density at radius 1 is 0.196 bits per heavy atom. The van der Waals surface area contributed by atoms with Crippen molar-refractivity contribution in [2.24, 2.45) is 0 Å². The molecule has 6 nitrogen and oxygen atoms in total. The molecule has 0 radical (unpaired) electrons. The molecule has 0 bridgehead atoms. The molecule has 6 heteroatoms. The number of imidazole rings is 2. The molecule has 0 atom stereocenters. The van der Waals surface area contributed by atoms with E-state index >= 15 is 0 Å². The van der Waals surface area contributed by atoms with E-state index in [1.54, 1.807) is 0 Å². The van der Waals surface area contributed by atoms with Crippen LogP contribution in [-0.2, 0) is 0 Å². The minimum Gasteiger partial charge on any atom is -0.311 e. The summed E-state index contributed by atoms with van der Waals surface area (Å²) in [6.45, 7) is 0. The fourth-order valence-corrected chi connectivity index (χ4v) is 13.2. The standard InChI is InChI=1S/C86H58N6/c1-5-17-59(18-6-1)61-31-42-75(43-32-61)89(77-48-37-64(38-49-77)85-87-81-55-66-21-13-15-23-68(66)57-83(81)91(85)73-25-9-3-10-26-73)76-46-35-63(36-47-76)70-29-30-72-54-80(52-41-71(72)53-70)90(78-44-33-62(34-45-78)60-19-7-2-8-20-60)79-50-39-65(40-51-79)86-88-82-56-67-22-14-16-24-69(67)58-84(82)92(86)74-27-11-4-12-28-74/h1-58H. The predicted octanol–water partition coefficient (Wildman–Crippen LogP) is 23.1. The number of para-hydroxylation sites is 2. The maximum Gasteiger partial charge on any atom is 0.145 e. The van der Waals surface area contributed by atoms with Crippen LogP contribution >= 0.6 is 0 Å². The first-order chi connectivity index (χ1) is 45.6. The van der Waals surface area contributed by atoms with E-state index in [0.717, 1.165) is 112 Å². The molecule has 0 saturated heterocycles. The first-order valence-electron chi connectivity index (χ1n) is 31.3. The Kier molecular flexibility index (Phi) is 13.4. The molecule has 0 amide bonds. The third-order valence-corrected chi connectivity index (χ3v) is 17.8. The maximum absolute atomic E-state index is 5.33. The van der Waals surface area contributed by atoms with E-state index in [-0.39, 0.29) is 0 Å². The average Bonchev–Trinajstić information content (AvgIpc) is 1.65. The molecule has 2 aromatic heterocycles. The average molecular weight is 1180 g/mol. The molecule has 0 aliphatic rings. The Bertz CT molecular complexity index is 5510. The molecule has 0 aliphatic heterocycles. The summed E-state index contributed by atoms with van der Waals surface area (Å²) in [5, 5.41) is 7.02. The van der Waals surface area contributed by atoms with Gasteiger partial charge in [0.15, 0.2) is 0 Å². The normalized spacial score (nSPS) is 11.5. The van der Waals surface area contributed by atoms with Crippen LogP contribution in [0.15, 0.2) is 352 Å². The van der Waals surface area contributed by atoms with Gasteiger partial charge < -0.3 is 9.80 Å². The Morgan fingerprint density at radius 2 is 0.467 bits per heavy atom. The van der Waals surface area contributed by atoms with E-state index in [2.05, 4.69) is 371 Å². The van der Waals surface area contributed by atoms with E-state index in [1.807, 2.05) is 0 Å². The molecule has 15 aromatic carbocycles. The molecule has 92 heavy (non-hydrogen) atoms. The van der Waals surface area contributed by atoms with Crippen LogP contribution in [0.2, 0.25) is 0 Å². The van der Waals surface area contributed by atoms with Gasteiger partial charge in [0.05, 0.1) is 22.1 Å². The molecule has 0 unspecified atom stereocenters. The third-order valence-electron chi connectivity index (χ3n) is 17.8.